The molecule has 0 bridgehead atoms. The largest absolute Gasteiger partial charge is 0.382 e. The maximum atomic E-state index is 11.8. The molecule has 1 aromatic heterocycles. The van der Waals surface area contributed by atoms with E-state index in [1.807, 2.05) is 0 Å². The minimum absolute atomic E-state index is 0.170. The van der Waals surface area contributed by atoms with Crippen LogP contribution in [-0.2, 0) is 9.47 Å². The third-order valence-electron chi connectivity index (χ3n) is 2.35. The number of nitrogens with one attached hydrogen (secondary N) is 2. The highest BCUT2D eigenvalue weighted by Crippen LogP contribution is 2.03. The standard InChI is InChI=1S/C11H18N4O3/c1-17-7-9(18-2)6-14-11(16)8-3-4-10(15-12)13-5-8/h3-5,9H,6-7,12H2,1-2H3,(H,13,15)(H,14,16). The van der Waals surface area contributed by atoms with E-state index in [9.17, 15) is 4.79 Å². The maximum absolute atomic E-state index is 11.8. The second-order valence-corrected chi connectivity index (χ2v) is 3.60. The van der Waals surface area contributed by atoms with E-state index in [0.29, 0.717) is 24.5 Å². The zero-order valence-electron chi connectivity index (χ0n) is 10.5. The van der Waals surface area contributed by atoms with Crippen LogP contribution in [0.15, 0.2) is 18.3 Å². The number of hydrogen-bond donors (Lipinski definition) is 3. The lowest BCUT2D eigenvalue weighted by Crippen LogP contribution is -2.35. The van der Waals surface area contributed by atoms with Gasteiger partial charge < -0.3 is 20.2 Å². The van der Waals surface area contributed by atoms with E-state index in [0.717, 1.165) is 0 Å². The molecule has 1 unspecified atom stereocenters. The van der Waals surface area contributed by atoms with Crippen molar-refractivity contribution in [2.24, 2.45) is 5.84 Å². The fourth-order valence-corrected chi connectivity index (χ4v) is 1.32. The van der Waals surface area contributed by atoms with Gasteiger partial charge in [-0.05, 0) is 12.1 Å². The van der Waals surface area contributed by atoms with Gasteiger partial charge in [-0.2, -0.15) is 0 Å². The van der Waals surface area contributed by atoms with Crippen molar-refractivity contribution in [2.45, 2.75) is 6.10 Å². The molecule has 0 aromatic carbocycles. The molecule has 0 aliphatic heterocycles. The first-order chi connectivity index (χ1) is 8.71. The molecule has 18 heavy (non-hydrogen) atoms. The summed E-state index contributed by atoms with van der Waals surface area (Å²) in [5.41, 5.74) is 2.85. The van der Waals surface area contributed by atoms with Crippen molar-refractivity contribution in [2.75, 3.05) is 32.8 Å². The zero-order chi connectivity index (χ0) is 13.4. The fraction of sp³-hybridized carbons (Fsp3) is 0.455. The number of pyridine rings is 1. The molecule has 4 N–H and O–H groups in total. The third-order valence-corrected chi connectivity index (χ3v) is 2.35. The number of rotatable bonds is 7. The first-order valence-corrected chi connectivity index (χ1v) is 5.43. The summed E-state index contributed by atoms with van der Waals surface area (Å²) in [5, 5.41) is 2.74. The van der Waals surface area contributed by atoms with Crippen LogP contribution in [0.5, 0.6) is 0 Å². The second kappa shape index (κ2) is 7.59. The number of aromatic nitrogens is 1. The quantitative estimate of drug-likeness (QED) is 0.459. The Balaban J connectivity index is 2.48. The van der Waals surface area contributed by atoms with Crippen LogP contribution < -0.4 is 16.6 Å². The number of carbonyl (C=O) groups excluding carboxylic acids is 1. The number of carbonyl (C=O) groups is 1. The number of nitrogen functional groups attached to an aromatic ring is 1. The van der Waals surface area contributed by atoms with Gasteiger partial charge in [0.15, 0.2) is 0 Å². The summed E-state index contributed by atoms with van der Waals surface area (Å²) in [6, 6.07) is 3.26. The van der Waals surface area contributed by atoms with Gasteiger partial charge in [-0.25, -0.2) is 10.8 Å². The Morgan fingerprint density at radius 3 is 2.78 bits per heavy atom. The Bertz CT molecular complexity index is 369. The summed E-state index contributed by atoms with van der Waals surface area (Å²) in [5.74, 6) is 5.46. The van der Waals surface area contributed by atoms with E-state index in [1.54, 1.807) is 26.4 Å². The number of ether oxygens (including phenoxy) is 2. The Kier molecular flexibility index (Phi) is 6.06. The third kappa shape index (κ3) is 4.28. The smallest absolute Gasteiger partial charge is 0.252 e. The Hall–Kier alpha value is -1.70. The van der Waals surface area contributed by atoms with Gasteiger partial charge >= 0.3 is 0 Å². The first kappa shape index (κ1) is 14.4. The van der Waals surface area contributed by atoms with Crippen LogP contribution in [0.4, 0.5) is 5.82 Å². The van der Waals surface area contributed by atoms with Crippen LogP contribution in [0.25, 0.3) is 0 Å². The lowest BCUT2D eigenvalue weighted by molar-refractivity contribution is 0.0285. The highest BCUT2D eigenvalue weighted by Gasteiger charge is 2.10. The van der Waals surface area contributed by atoms with E-state index in [2.05, 4.69) is 15.7 Å². The average molecular weight is 254 g/mol. The van der Waals surface area contributed by atoms with Crippen molar-refractivity contribution < 1.29 is 14.3 Å². The summed E-state index contributed by atoms with van der Waals surface area (Å²) in [4.78, 5) is 15.7. The molecule has 1 aromatic rings. The molecule has 1 atom stereocenters. The number of nitrogens with two attached hydrogens (primary N) is 1. The number of hydrogen-bond acceptors (Lipinski definition) is 6. The number of methoxy groups -OCH3 is 2. The minimum Gasteiger partial charge on any atom is -0.382 e. The van der Waals surface area contributed by atoms with Gasteiger partial charge in [0.05, 0.1) is 18.3 Å². The van der Waals surface area contributed by atoms with Gasteiger partial charge in [0.25, 0.3) is 5.91 Å². The molecule has 1 rings (SSSR count). The number of anilines is 1. The molecule has 0 aliphatic rings. The predicted octanol–water partition coefficient (Wildman–Crippen LogP) is -0.242. The molecule has 0 fully saturated rings. The van der Waals surface area contributed by atoms with E-state index >= 15 is 0 Å². The zero-order valence-corrected chi connectivity index (χ0v) is 10.5. The van der Waals surface area contributed by atoms with Crippen molar-refractivity contribution in [3.8, 4) is 0 Å². The van der Waals surface area contributed by atoms with Crippen LogP contribution in [0.2, 0.25) is 0 Å². The van der Waals surface area contributed by atoms with Crippen molar-refractivity contribution in [3.05, 3.63) is 23.9 Å². The average Bonchev–Trinajstić information content (AvgIpc) is 2.43. The number of nitrogens with zero attached hydrogens (tertiary/aromatic N) is 1. The van der Waals surface area contributed by atoms with Crippen LogP contribution in [0.3, 0.4) is 0 Å². The molecule has 0 spiro atoms. The molecule has 7 heteroatoms. The maximum Gasteiger partial charge on any atom is 0.252 e. The van der Waals surface area contributed by atoms with Crippen LogP contribution in [-0.4, -0.2) is 44.4 Å². The van der Waals surface area contributed by atoms with Gasteiger partial charge in [-0.1, -0.05) is 0 Å². The molecule has 0 aliphatic carbocycles. The fourth-order valence-electron chi connectivity index (χ4n) is 1.32. The Labute approximate surface area is 106 Å². The molecular formula is C11H18N4O3. The molecule has 7 nitrogen and oxygen atoms in total. The van der Waals surface area contributed by atoms with Crippen molar-refractivity contribution in [1.29, 1.82) is 0 Å². The van der Waals surface area contributed by atoms with E-state index in [-0.39, 0.29) is 12.0 Å². The van der Waals surface area contributed by atoms with Gasteiger partial charge in [0.1, 0.15) is 5.82 Å². The Morgan fingerprint density at radius 1 is 1.50 bits per heavy atom. The summed E-state index contributed by atoms with van der Waals surface area (Å²) in [6.07, 6.45) is 1.28. The van der Waals surface area contributed by atoms with E-state index in [4.69, 9.17) is 15.3 Å². The molecule has 100 valence electrons. The van der Waals surface area contributed by atoms with Crippen molar-refractivity contribution in [3.63, 3.8) is 0 Å². The monoisotopic (exact) mass is 254 g/mol. The number of amides is 1. The first-order valence-electron chi connectivity index (χ1n) is 5.43. The van der Waals surface area contributed by atoms with E-state index < -0.39 is 0 Å². The summed E-state index contributed by atoms with van der Waals surface area (Å²) >= 11 is 0. The van der Waals surface area contributed by atoms with Gasteiger partial charge in [-0.15, -0.1) is 0 Å². The van der Waals surface area contributed by atoms with Gasteiger partial charge in [0.2, 0.25) is 0 Å². The SMILES string of the molecule is COCC(CNC(=O)c1ccc(NN)nc1)OC. The molecule has 0 saturated heterocycles. The molecular weight excluding hydrogens is 236 g/mol. The normalized spacial score (nSPS) is 11.9. The molecule has 0 saturated carbocycles. The minimum atomic E-state index is -0.218. The highest BCUT2D eigenvalue weighted by molar-refractivity contribution is 5.94. The van der Waals surface area contributed by atoms with Crippen molar-refractivity contribution in [1.82, 2.24) is 10.3 Å². The lowest BCUT2D eigenvalue weighted by atomic mass is 10.2. The van der Waals surface area contributed by atoms with Crippen LogP contribution in [0, 0.1) is 0 Å². The van der Waals surface area contributed by atoms with Gasteiger partial charge in [0, 0.05) is 27.0 Å². The topological polar surface area (TPSA) is 98.5 Å². The van der Waals surface area contributed by atoms with Crippen molar-refractivity contribution >= 4 is 11.7 Å². The molecule has 0 radical (unpaired) electrons. The molecule has 1 heterocycles. The summed E-state index contributed by atoms with van der Waals surface area (Å²) in [6.45, 7) is 0.797. The summed E-state index contributed by atoms with van der Waals surface area (Å²) in [7, 11) is 3.15. The highest BCUT2D eigenvalue weighted by atomic mass is 16.5. The number of hydrazine groups is 1. The summed E-state index contributed by atoms with van der Waals surface area (Å²) < 4.78 is 10.1. The van der Waals surface area contributed by atoms with E-state index in [1.165, 1.54) is 6.20 Å². The van der Waals surface area contributed by atoms with Crippen LogP contribution >= 0.6 is 0 Å². The van der Waals surface area contributed by atoms with Crippen LogP contribution in [0.1, 0.15) is 10.4 Å². The van der Waals surface area contributed by atoms with Gasteiger partial charge in [-0.3, -0.25) is 4.79 Å². The lowest BCUT2D eigenvalue weighted by Gasteiger charge is -2.14. The molecule has 1 amide bonds. The Morgan fingerprint density at radius 2 is 2.28 bits per heavy atom. The predicted molar refractivity (Wildman–Crippen MR) is 67.1 cm³/mol. The second-order valence-electron chi connectivity index (χ2n) is 3.60.